The molecule has 1 aliphatic rings. The first-order valence-electron chi connectivity index (χ1n) is 8.39. The summed E-state index contributed by atoms with van der Waals surface area (Å²) in [6.07, 6.45) is 4.80. The molecule has 6 nitrogen and oxygen atoms in total. The Kier molecular flexibility index (Phi) is 6.38. The molecule has 2 heterocycles. The molecule has 23 heavy (non-hydrogen) atoms. The van der Waals surface area contributed by atoms with E-state index in [0.717, 1.165) is 38.0 Å². The zero-order valence-electron chi connectivity index (χ0n) is 14.1. The lowest BCUT2D eigenvalue weighted by Gasteiger charge is -2.32. The van der Waals surface area contributed by atoms with E-state index in [4.69, 9.17) is 0 Å². The quantitative estimate of drug-likeness (QED) is 0.717. The van der Waals surface area contributed by atoms with Crippen LogP contribution in [0.3, 0.4) is 0 Å². The molecule has 2 rings (SSSR count). The number of nitrogens with zero attached hydrogens (tertiary/aromatic N) is 4. The number of rotatable bonds is 7. The topological polar surface area (TPSA) is 56.8 Å². The third-order valence-electron chi connectivity index (χ3n) is 4.07. The lowest BCUT2D eigenvalue weighted by molar-refractivity contribution is -0.119. The minimum absolute atomic E-state index is 0.0559. The molecule has 0 unspecified atom stereocenters. The zero-order valence-corrected chi connectivity index (χ0v) is 14.1. The number of carbonyl (C=O) groups is 2. The third-order valence-corrected chi connectivity index (χ3v) is 4.07. The van der Waals surface area contributed by atoms with Crippen LogP contribution in [-0.2, 0) is 4.79 Å². The van der Waals surface area contributed by atoms with Crippen molar-refractivity contribution in [2.75, 3.05) is 44.2 Å². The van der Waals surface area contributed by atoms with Gasteiger partial charge in [0, 0.05) is 39.3 Å². The van der Waals surface area contributed by atoms with Crippen LogP contribution in [0.2, 0.25) is 0 Å². The average molecular weight is 318 g/mol. The molecular formula is C17H26N4O2. The van der Waals surface area contributed by atoms with Crippen molar-refractivity contribution in [3.8, 4) is 0 Å². The van der Waals surface area contributed by atoms with E-state index in [-0.39, 0.29) is 5.91 Å². The van der Waals surface area contributed by atoms with E-state index < -0.39 is 0 Å². The van der Waals surface area contributed by atoms with Gasteiger partial charge in [-0.3, -0.25) is 9.59 Å². The molecular weight excluding hydrogens is 292 g/mol. The van der Waals surface area contributed by atoms with Crippen molar-refractivity contribution < 1.29 is 9.59 Å². The first-order valence-corrected chi connectivity index (χ1v) is 8.39. The van der Waals surface area contributed by atoms with Gasteiger partial charge in [0.05, 0.1) is 11.9 Å². The third kappa shape index (κ3) is 4.43. The lowest BCUT2D eigenvalue weighted by Crippen LogP contribution is -2.48. The van der Waals surface area contributed by atoms with E-state index in [1.54, 1.807) is 16.0 Å². The van der Waals surface area contributed by atoms with Crippen molar-refractivity contribution in [2.24, 2.45) is 0 Å². The summed E-state index contributed by atoms with van der Waals surface area (Å²) in [6, 6.07) is 3.79. The van der Waals surface area contributed by atoms with Crippen LogP contribution in [-0.4, -0.2) is 66.4 Å². The van der Waals surface area contributed by atoms with Crippen molar-refractivity contribution in [1.82, 2.24) is 14.8 Å². The van der Waals surface area contributed by atoms with Gasteiger partial charge in [-0.05, 0) is 25.0 Å². The predicted octanol–water partition coefficient (Wildman–Crippen LogP) is 1.62. The summed E-state index contributed by atoms with van der Waals surface area (Å²) in [5.74, 6) is -0.0559. The maximum absolute atomic E-state index is 12.5. The molecule has 1 aliphatic heterocycles. The Hall–Kier alpha value is -2.11. The average Bonchev–Trinajstić information content (AvgIpc) is 2.61. The highest BCUT2D eigenvalue weighted by molar-refractivity contribution is 5.92. The molecule has 0 spiro atoms. The van der Waals surface area contributed by atoms with Gasteiger partial charge < -0.3 is 14.7 Å². The van der Waals surface area contributed by atoms with Crippen molar-refractivity contribution in [1.29, 1.82) is 0 Å². The highest BCUT2D eigenvalue weighted by Crippen LogP contribution is 2.15. The van der Waals surface area contributed by atoms with E-state index >= 15 is 0 Å². The number of pyridine rings is 1. The highest BCUT2D eigenvalue weighted by Gasteiger charge is 2.22. The Morgan fingerprint density at radius 3 is 2.30 bits per heavy atom. The summed E-state index contributed by atoms with van der Waals surface area (Å²) < 4.78 is 0. The summed E-state index contributed by atoms with van der Waals surface area (Å²) in [4.78, 5) is 33.3. The van der Waals surface area contributed by atoms with E-state index in [2.05, 4.69) is 23.7 Å². The molecule has 0 radical (unpaired) electrons. The standard InChI is InChI=1S/C17H26N4O2/c1-3-7-20(8-4-2)15-5-6-16(18-13-15)17(23)21-11-9-19(14-22)10-12-21/h5-6,13-14H,3-4,7-12H2,1-2H3. The Morgan fingerprint density at radius 2 is 1.83 bits per heavy atom. The van der Waals surface area contributed by atoms with Gasteiger partial charge in [-0.25, -0.2) is 4.98 Å². The number of aromatic nitrogens is 1. The summed E-state index contributed by atoms with van der Waals surface area (Å²) in [5, 5.41) is 0. The van der Waals surface area contributed by atoms with Crippen LogP contribution in [0, 0.1) is 0 Å². The number of hydrogen-bond acceptors (Lipinski definition) is 4. The molecule has 2 amide bonds. The van der Waals surface area contributed by atoms with Crippen LogP contribution in [0.25, 0.3) is 0 Å². The molecule has 1 aromatic rings. The summed E-state index contributed by atoms with van der Waals surface area (Å²) in [6.45, 7) is 8.63. The molecule has 0 saturated carbocycles. The monoisotopic (exact) mass is 318 g/mol. The molecule has 0 bridgehead atoms. The minimum atomic E-state index is -0.0559. The first-order chi connectivity index (χ1) is 11.2. The lowest BCUT2D eigenvalue weighted by atomic mass is 10.2. The molecule has 0 aliphatic carbocycles. The van der Waals surface area contributed by atoms with Gasteiger partial charge in [-0.15, -0.1) is 0 Å². The molecule has 1 aromatic heterocycles. The Bertz CT molecular complexity index is 504. The largest absolute Gasteiger partial charge is 0.370 e. The maximum Gasteiger partial charge on any atom is 0.272 e. The van der Waals surface area contributed by atoms with E-state index in [0.29, 0.717) is 31.9 Å². The van der Waals surface area contributed by atoms with Crippen LogP contribution in [0.5, 0.6) is 0 Å². The van der Waals surface area contributed by atoms with Gasteiger partial charge in [0.15, 0.2) is 0 Å². The fraction of sp³-hybridized carbons (Fsp3) is 0.588. The highest BCUT2D eigenvalue weighted by atomic mass is 16.2. The maximum atomic E-state index is 12.5. The first kappa shape index (κ1) is 17.2. The van der Waals surface area contributed by atoms with Gasteiger partial charge >= 0.3 is 0 Å². The van der Waals surface area contributed by atoms with Crippen LogP contribution in [0.4, 0.5) is 5.69 Å². The molecule has 126 valence electrons. The normalized spacial score (nSPS) is 14.7. The number of piperazine rings is 1. The molecule has 6 heteroatoms. The molecule has 0 N–H and O–H groups in total. The Balaban J connectivity index is 2.01. The predicted molar refractivity (Wildman–Crippen MR) is 90.6 cm³/mol. The summed E-state index contributed by atoms with van der Waals surface area (Å²) >= 11 is 0. The van der Waals surface area contributed by atoms with Crippen LogP contribution < -0.4 is 4.90 Å². The molecule has 1 saturated heterocycles. The van der Waals surface area contributed by atoms with E-state index in [9.17, 15) is 9.59 Å². The van der Waals surface area contributed by atoms with E-state index in [1.807, 2.05) is 12.1 Å². The van der Waals surface area contributed by atoms with Gasteiger partial charge in [-0.2, -0.15) is 0 Å². The molecule has 1 fully saturated rings. The van der Waals surface area contributed by atoms with Crippen molar-refractivity contribution in [2.45, 2.75) is 26.7 Å². The van der Waals surface area contributed by atoms with Crippen molar-refractivity contribution >= 4 is 18.0 Å². The Morgan fingerprint density at radius 1 is 1.17 bits per heavy atom. The van der Waals surface area contributed by atoms with E-state index in [1.165, 1.54) is 0 Å². The van der Waals surface area contributed by atoms with Gasteiger partial charge in [-0.1, -0.05) is 13.8 Å². The Labute approximate surface area is 138 Å². The minimum Gasteiger partial charge on any atom is -0.370 e. The second kappa shape index (κ2) is 8.50. The van der Waals surface area contributed by atoms with Crippen LogP contribution in [0.1, 0.15) is 37.2 Å². The number of anilines is 1. The van der Waals surface area contributed by atoms with Crippen molar-refractivity contribution in [3.05, 3.63) is 24.0 Å². The number of hydrogen-bond donors (Lipinski definition) is 0. The van der Waals surface area contributed by atoms with Gasteiger partial charge in [0.25, 0.3) is 5.91 Å². The number of carbonyl (C=O) groups excluding carboxylic acids is 2. The van der Waals surface area contributed by atoms with Crippen LogP contribution in [0.15, 0.2) is 18.3 Å². The zero-order chi connectivity index (χ0) is 16.7. The fourth-order valence-electron chi connectivity index (χ4n) is 2.80. The number of amides is 2. The van der Waals surface area contributed by atoms with Gasteiger partial charge in [0.2, 0.25) is 6.41 Å². The smallest absolute Gasteiger partial charge is 0.272 e. The van der Waals surface area contributed by atoms with Gasteiger partial charge in [0.1, 0.15) is 5.69 Å². The molecule has 0 aromatic carbocycles. The molecule has 0 atom stereocenters. The van der Waals surface area contributed by atoms with Crippen LogP contribution >= 0.6 is 0 Å². The summed E-state index contributed by atoms with van der Waals surface area (Å²) in [7, 11) is 0. The SMILES string of the molecule is CCCN(CCC)c1ccc(C(=O)N2CCN(C=O)CC2)nc1. The fourth-order valence-corrected chi connectivity index (χ4v) is 2.80. The second-order valence-electron chi connectivity index (χ2n) is 5.82. The summed E-state index contributed by atoms with van der Waals surface area (Å²) in [5.41, 5.74) is 1.54. The second-order valence-corrected chi connectivity index (χ2v) is 5.82. The van der Waals surface area contributed by atoms with Crippen molar-refractivity contribution in [3.63, 3.8) is 0 Å².